The Morgan fingerprint density at radius 1 is 1.41 bits per heavy atom. The molecule has 0 bridgehead atoms. The van der Waals surface area contributed by atoms with E-state index in [9.17, 15) is 9.59 Å². The number of ether oxygens (including phenoxy) is 1. The molecule has 2 aliphatic rings. The Labute approximate surface area is 134 Å². The van der Waals surface area contributed by atoms with Crippen molar-refractivity contribution in [3.8, 4) is 0 Å². The second kappa shape index (κ2) is 6.67. The average Bonchev–Trinajstić information content (AvgIpc) is 3.15. The summed E-state index contributed by atoms with van der Waals surface area (Å²) in [5.74, 6) is -0.478. The van der Waals surface area contributed by atoms with Gasteiger partial charge in [0.15, 0.2) is 0 Å². The van der Waals surface area contributed by atoms with Crippen molar-refractivity contribution >= 4 is 29.1 Å². The molecule has 6 heteroatoms. The molecule has 0 aliphatic carbocycles. The van der Waals surface area contributed by atoms with Crippen LogP contribution < -0.4 is 10.2 Å². The van der Waals surface area contributed by atoms with Crippen LogP contribution in [-0.4, -0.2) is 37.6 Å². The first-order chi connectivity index (χ1) is 10.6. The number of para-hydroxylation sites is 1. The predicted molar refractivity (Wildman–Crippen MR) is 83.9 cm³/mol. The highest BCUT2D eigenvalue weighted by molar-refractivity contribution is 6.33. The van der Waals surface area contributed by atoms with Gasteiger partial charge in [0.05, 0.1) is 22.7 Å². The number of carbonyl (C=O) groups excluding carboxylic acids is 2. The third-order valence-electron chi connectivity index (χ3n) is 4.17. The highest BCUT2D eigenvalue weighted by Crippen LogP contribution is 2.31. The summed E-state index contributed by atoms with van der Waals surface area (Å²) in [5.41, 5.74) is 0.670. The maximum atomic E-state index is 12.2. The van der Waals surface area contributed by atoms with Gasteiger partial charge in [-0.15, -0.1) is 0 Å². The largest absolute Gasteiger partial charge is 0.376 e. The number of halogens is 1. The number of nitrogens with one attached hydrogen (secondary N) is 1. The SMILES string of the molecule is O=C(NC[C@@H]1CCCO1)[C@@H]1CC(=O)N(c2ccccc2Cl)C1. The minimum Gasteiger partial charge on any atom is -0.376 e. The van der Waals surface area contributed by atoms with Gasteiger partial charge in [-0.2, -0.15) is 0 Å². The number of benzene rings is 1. The molecule has 0 saturated carbocycles. The Morgan fingerprint density at radius 2 is 2.23 bits per heavy atom. The maximum absolute atomic E-state index is 12.2. The highest BCUT2D eigenvalue weighted by atomic mass is 35.5. The van der Waals surface area contributed by atoms with Gasteiger partial charge in [0.25, 0.3) is 0 Å². The van der Waals surface area contributed by atoms with Crippen LogP contribution in [0.25, 0.3) is 0 Å². The van der Waals surface area contributed by atoms with Crippen LogP contribution in [-0.2, 0) is 14.3 Å². The van der Waals surface area contributed by atoms with E-state index in [1.807, 2.05) is 12.1 Å². The highest BCUT2D eigenvalue weighted by Gasteiger charge is 2.36. The van der Waals surface area contributed by atoms with Crippen molar-refractivity contribution in [2.75, 3.05) is 24.6 Å². The van der Waals surface area contributed by atoms with E-state index in [0.717, 1.165) is 19.4 Å². The lowest BCUT2D eigenvalue weighted by Crippen LogP contribution is -2.37. The number of nitrogens with zero attached hydrogens (tertiary/aromatic N) is 1. The molecule has 0 spiro atoms. The Balaban J connectivity index is 1.59. The number of rotatable bonds is 4. The Morgan fingerprint density at radius 3 is 2.95 bits per heavy atom. The summed E-state index contributed by atoms with van der Waals surface area (Å²) >= 11 is 6.13. The lowest BCUT2D eigenvalue weighted by Gasteiger charge is -2.18. The zero-order valence-corrected chi connectivity index (χ0v) is 13.0. The molecule has 2 atom stereocenters. The van der Waals surface area contributed by atoms with Crippen molar-refractivity contribution in [3.63, 3.8) is 0 Å². The van der Waals surface area contributed by atoms with Crippen LogP contribution in [0.4, 0.5) is 5.69 Å². The first-order valence-corrected chi connectivity index (χ1v) is 7.97. The van der Waals surface area contributed by atoms with Gasteiger partial charge in [-0.25, -0.2) is 0 Å². The molecular formula is C16H19ClN2O3. The van der Waals surface area contributed by atoms with Crippen LogP contribution >= 0.6 is 11.6 Å². The van der Waals surface area contributed by atoms with Crippen LogP contribution in [0.1, 0.15) is 19.3 Å². The summed E-state index contributed by atoms with van der Waals surface area (Å²) in [6.07, 6.45) is 2.36. The molecule has 2 saturated heterocycles. The Hall–Kier alpha value is -1.59. The van der Waals surface area contributed by atoms with E-state index < -0.39 is 0 Å². The number of hydrogen-bond donors (Lipinski definition) is 1. The quantitative estimate of drug-likeness (QED) is 0.922. The molecular weight excluding hydrogens is 304 g/mol. The lowest BCUT2D eigenvalue weighted by atomic mass is 10.1. The fourth-order valence-corrected chi connectivity index (χ4v) is 3.19. The van der Waals surface area contributed by atoms with Gasteiger partial charge in [0.1, 0.15) is 0 Å². The van der Waals surface area contributed by atoms with E-state index in [-0.39, 0.29) is 30.3 Å². The van der Waals surface area contributed by atoms with E-state index in [1.54, 1.807) is 17.0 Å². The van der Waals surface area contributed by atoms with Crippen LogP contribution in [0, 0.1) is 5.92 Å². The second-order valence-corrected chi connectivity index (χ2v) is 6.14. The van der Waals surface area contributed by atoms with E-state index in [0.29, 0.717) is 23.8 Å². The lowest BCUT2D eigenvalue weighted by molar-refractivity contribution is -0.126. The first kappa shape index (κ1) is 15.3. The molecule has 3 rings (SSSR count). The number of amides is 2. The standard InChI is InChI=1S/C16H19ClN2O3/c17-13-5-1-2-6-14(13)19-10-11(8-15(19)20)16(21)18-9-12-4-3-7-22-12/h1-2,5-6,11-12H,3-4,7-10H2,(H,18,21)/t11-,12+/m1/s1. The molecule has 0 radical (unpaired) electrons. The predicted octanol–water partition coefficient (Wildman–Crippen LogP) is 1.99. The van der Waals surface area contributed by atoms with Crippen LogP contribution in [0.15, 0.2) is 24.3 Å². The summed E-state index contributed by atoms with van der Waals surface area (Å²) in [5, 5.41) is 3.42. The molecule has 118 valence electrons. The van der Waals surface area contributed by atoms with Gasteiger partial charge < -0.3 is 15.0 Å². The summed E-state index contributed by atoms with van der Waals surface area (Å²) in [6, 6.07) is 7.19. The average molecular weight is 323 g/mol. The zero-order chi connectivity index (χ0) is 15.5. The molecule has 0 unspecified atom stereocenters. The van der Waals surface area contributed by atoms with Crippen LogP contribution in [0.5, 0.6) is 0 Å². The van der Waals surface area contributed by atoms with Gasteiger partial charge in [-0.05, 0) is 25.0 Å². The van der Waals surface area contributed by atoms with Gasteiger partial charge in [0.2, 0.25) is 11.8 Å². The monoisotopic (exact) mass is 322 g/mol. The Kier molecular flexibility index (Phi) is 4.64. The van der Waals surface area contributed by atoms with E-state index in [2.05, 4.69) is 5.32 Å². The van der Waals surface area contributed by atoms with Gasteiger partial charge >= 0.3 is 0 Å². The normalized spacial score (nSPS) is 24.8. The van der Waals surface area contributed by atoms with Crippen molar-refractivity contribution in [1.29, 1.82) is 0 Å². The van der Waals surface area contributed by atoms with Crippen molar-refractivity contribution in [2.45, 2.75) is 25.4 Å². The first-order valence-electron chi connectivity index (χ1n) is 7.59. The zero-order valence-electron chi connectivity index (χ0n) is 12.3. The smallest absolute Gasteiger partial charge is 0.227 e. The van der Waals surface area contributed by atoms with Crippen molar-refractivity contribution in [2.24, 2.45) is 5.92 Å². The second-order valence-electron chi connectivity index (χ2n) is 5.74. The van der Waals surface area contributed by atoms with Gasteiger partial charge in [0, 0.05) is 26.1 Å². The summed E-state index contributed by atoms with van der Waals surface area (Å²) < 4.78 is 5.48. The minimum atomic E-state index is -0.329. The third-order valence-corrected chi connectivity index (χ3v) is 4.49. The van der Waals surface area contributed by atoms with Gasteiger partial charge in [-0.1, -0.05) is 23.7 Å². The molecule has 1 N–H and O–H groups in total. The fraction of sp³-hybridized carbons (Fsp3) is 0.500. The van der Waals surface area contributed by atoms with E-state index >= 15 is 0 Å². The topological polar surface area (TPSA) is 58.6 Å². The molecule has 22 heavy (non-hydrogen) atoms. The molecule has 2 aliphatic heterocycles. The summed E-state index contributed by atoms with van der Waals surface area (Å²) in [6.45, 7) is 1.66. The molecule has 2 heterocycles. The van der Waals surface area contributed by atoms with Crippen LogP contribution in [0.3, 0.4) is 0 Å². The molecule has 1 aromatic rings. The number of anilines is 1. The van der Waals surface area contributed by atoms with Crippen molar-refractivity contribution in [1.82, 2.24) is 5.32 Å². The number of hydrogen-bond acceptors (Lipinski definition) is 3. The molecule has 0 aromatic heterocycles. The number of carbonyl (C=O) groups is 2. The van der Waals surface area contributed by atoms with E-state index in [1.165, 1.54) is 0 Å². The van der Waals surface area contributed by atoms with Gasteiger partial charge in [-0.3, -0.25) is 9.59 Å². The molecule has 2 fully saturated rings. The van der Waals surface area contributed by atoms with Crippen molar-refractivity contribution < 1.29 is 14.3 Å². The minimum absolute atomic E-state index is 0.0645. The molecule has 5 nitrogen and oxygen atoms in total. The molecule has 1 aromatic carbocycles. The maximum Gasteiger partial charge on any atom is 0.227 e. The third kappa shape index (κ3) is 3.25. The molecule has 2 amide bonds. The van der Waals surface area contributed by atoms with E-state index in [4.69, 9.17) is 16.3 Å². The Bertz CT molecular complexity index is 572. The van der Waals surface area contributed by atoms with Crippen LogP contribution in [0.2, 0.25) is 5.02 Å². The summed E-state index contributed by atoms with van der Waals surface area (Å²) in [4.78, 5) is 26.0. The fourth-order valence-electron chi connectivity index (χ4n) is 2.95. The summed E-state index contributed by atoms with van der Waals surface area (Å²) in [7, 11) is 0. The van der Waals surface area contributed by atoms with Crippen molar-refractivity contribution in [3.05, 3.63) is 29.3 Å².